The molecule has 0 aromatic heterocycles. The molecule has 0 saturated heterocycles. The van der Waals surface area contributed by atoms with E-state index in [0.717, 1.165) is 31.6 Å². The zero-order valence-corrected chi connectivity index (χ0v) is 12.5. The fourth-order valence-corrected chi connectivity index (χ4v) is 2.24. The van der Waals surface area contributed by atoms with Gasteiger partial charge in [0.2, 0.25) is 0 Å². The van der Waals surface area contributed by atoms with Crippen LogP contribution < -0.4 is 10.6 Å². The summed E-state index contributed by atoms with van der Waals surface area (Å²) >= 11 is 0. The summed E-state index contributed by atoms with van der Waals surface area (Å²) in [5, 5.41) is 0. The molecule has 0 aliphatic rings. The predicted molar refractivity (Wildman–Crippen MR) is 80.1 cm³/mol. The number of rotatable bonds is 7. The summed E-state index contributed by atoms with van der Waals surface area (Å²) in [6.07, 6.45) is 1.01. The lowest BCUT2D eigenvalue weighted by Gasteiger charge is -2.28. The molecule has 0 bridgehead atoms. The molecule has 0 aliphatic carbocycles. The first-order chi connectivity index (χ1) is 8.97. The van der Waals surface area contributed by atoms with Gasteiger partial charge in [0.15, 0.2) is 0 Å². The molecular formula is C15H26FN3. The quantitative estimate of drug-likeness (QED) is 0.824. The van der Waals surface area contributed by atoms with E-state index in [1.807, 2.05) is 34.0 Å². The van der Waals surface area contributed by atoms with E-state index < -0.39 is 0 Å². The topological polar surface area (TPSA) is 32.5 Å². The SMILES string of the molecule is CCN(CCCN(C)C)c1c(F)cccc1C(C)N. The lowest BCUT2D eigenvalue weighted by atomic mass is 10.0. The van der Waals surface area contributed by atoms with Gasteiger partial charge in [-0.15, -0.1) is 0 Å². The molecule has 0 saturated carbocycles. The van der Waals surface area contributed by atoms with Crippen molar-refractivity contribution in [2.75, 3.05) is 38.6 Å². The summed E-state index contributed by atoms with van der Waals surface area (Å²) in [6.45, 7) is 6.57. The van der Waals surface area contributed by atoms with E-state index in [1.54, 1.807) is 6.07 Å². The molecule has 1 unspecified atom stereocenters. The molecule has 3 nitrogen and oxygen atoms in total. The maximum Gasteiger partial charge on any atom is 0.146 e. The van der Waals surface area contributed by atoms with Crippen molar-refractivity contribution in [3.63, 3.8) is 0 Å². The van der Waals surface area contributed by atoms with Crippen molar-refractivity contribution in [3.05, 3.63) is 29.6 Å². The second-order valence-electron chi connectivity index (χ2n) is 5.20. The minimum atomic E-state index is -0.179. The van der Waals surface area contributed by atoms with Gasteiger partial charge in [-0.1, -0.05) is 12.1 Å². The molecule has 0 fully saturated rings. The van der Waals surface area contributed by atoms with Gasteiger partial charge >= 0.3 is 0 Å². The Hall–Kier alpha value is -1.13. The fraction of sp³-hybridized carbons (Fsp3) is 0.600. The molecule has 2 N–H and O–H groups in total. The third-order valence-corrected chi connectivity index (χ3v) is 3.24. The summed E-state index contributed by atoms with van der Waals surface area (Å²) in [6, 6.07) is 4.99. The van der Waals surface area contributed by atoms with Crippen molar-refractivity contribution < 1.29 is 4.39 Å². The Bertz CT molecular complexity index is 391. The van der Waals surface area contributed by atoms with Gasteiger partial charge in [-0.05, 0) is 52.5 Å². The largest absolute Gasteiger partial charge is 0.369 e. The number of anilines is 1. The fourth-order valence-electron chi connectivity index (χ4n) is 2.24. The Kier molecular flexibility index (Phi) is 6.25. The first-order valence-corrected chi connectivity index (χ1v) is 6.91. The summed E-state index contributed by atoms with van der Waals surface area (Å²) < 4.78 is 14.1. The second-order valence-corrected chi connectivity index (χ2v) is 5.20. The Balaban J connectivity index is 2.91. The maximum absolute atomic E-state index is 14.1. The van der Waals surface area contributed by atoms with Crippen molar-refractivity contribution in [1.29, 1.82) is 0 Å². The van der Waals surface area contributed by atoms with Gasteiger partial charge < -0.3 is 15.5 Å². The van der Waals surface area contributed by atoms with E-state index in [9.17, 15) is 4.39 Å². The van der Waals surface area contributed by atoms with Gasteiger partial charge in [-0.25, -0.2) is 4.39 Å². The molecule has 0 aliphatic heterocycles. The first-order valence-electron chi connectivity index (χ1n) is 6.91. The molecular weight excluding hydrogens is 241 g/mol. The zero-order valence-electron chi connectivity index (χ0n) is 12.5. The molecule has 1 aromatic rings. The molecule has 0 amide bonds. The lowest BCUT2D eigenvalue weighted by molar-refractivity contribution is 0.400. The van der Waals surface area contributed by atoms with E-state index in [-0.39, 0.29) is 11.9 Å². The standard InChI is InChI=1S/C15H26FN3/c1-5-19(11-7-10-18(3)4)15-13(12(2)17)8-6-9-14(15)16/h6,8-9,12H,5,7,10-11,17H2,1-4H3. The molecule has 0 heterocycles. The molecule has 108 valence electrons. The Morgan fingerprint density at radius 3 is 2.47 bits per heavy atom. The van der Waals surface area contributed by atoms with Crippen molar-refractivity contribution in [3.8, 4) is 0 Å². The van der Waals surface area contributed by atoms with E-state index in [1.165, 1.54) is 6.07 Å². The monoisotopic (exact) mass is 267 g/mol. The van der Waals surface area contributed by atoms with Crippen molar-refractivity contribution >= 4 is 5.69 Å². The number of hydrogen-bond donors (Lipinski definition) is 1. The van der Waals surface area contributed by atoms with E-state index in [4.69, 9.17) is 5.73 Å². The highest BCUT2D eigenvalue weighted by Crippen LogP contribution is 2.28. The van der Waals surface area contributed by atoms with Crippen LogP contribution in [-0.2, 0) is 0 Å². The normalized spacial score (nSPS) is 12.8. The van der Waals surface area contributed by atoms with Crippen molar-refractivity contribution in [2.45, 2.75) is 26.3 Å². The predicted octanol–water partition coefficient (Wildman–Crippen LogP) is 2.62. The van der Waals surface area contributed by atoms with Crippen LogP contribution in [0.4, 0.5) is 10.1 Å². The Morgan fingerprint density at radius 2 is 1.95 bits per heavy atom. The number of benzene rings is 1. The lowest BCUT2D eigenvalue weighted by Crippen LogP contribution is -2.29. The van der Waals surface area contributed by atoms with Gasteiger partial charge in [-0.2, -0.15) is 0 Å². The first kappa shape index (κ1) is 15.9. The van der Waals surface area contributed by atoms with Gasteiger partial charge in [0.1, 0.15) is 5.82 Å². The molecule has 1 aromatic carbocycles. The van der Waals surface area contributed by atoms with Gasteiger partial charge in [-0.3, -0.25) is 0 Å². The Labute approximate surface area is 116 Å². The number of nitrogens with zero attached hydrogens (tertiary/aromatic N) is 2. The summed E-state index contributed by atoms with van der Waals surface area (Å²) in [5.74, 6) is -0.179. The third kappa shape index (κ3) is 4.48. The number of halogens is 1. The maximum atomic E-state index is 14.1. The van der Waals surface area contributed by atoms with Crippen LogP contribution in [-0.4, -0.2) is 38.6 Å². The molecule has 19 heavy (non-hydrogen) atoms. The minimum absolute atomic E-state index is 0.159. The summed E-state index contributed by atoms with van der Waals surface area (Å²) in [4.78, 5) is 4.22. The van der Waals surface area contributed by atoms with Crippen LogP contribution in [0.1, 0.15) is 31.9 Å². The van der Waals surface area contributed by atoms with Gasteiger partial charge in [0.05, 0.1) is 5.69 Å². The van der Waals surface area contributed by atoms with Crippen LogP contribution in [0.25, 0.3) is 0 Å². The highest BCUT2D eigenvalue weighted by Gasteiger charge is 2.16. The van der Waals surface area contributed by atoms with E-state index in [0.29, 0.717) is 5.69 Å². The van der Waals surface area contributed by atoms with Gasteiger partial charge in [0, 0.05) is 19.1 Å². The number of nitrogens with two attached hydrogens (primary N) is 1. The number of hydrogen-bond acceptors (Lipinski definition) is 3. The Morgan fingerprint density at radius 1 is 1.26 bits per heavy atom. The van der Waals surface area contributed by atoms with E-state index in [2.05, 4.69) is 9.80 Å². The molecule has 0 radical (unpaired) electrons. The smallest absolute Gasteiger partial charge is 0.146 e. The highest BCUT2D eigenvalue weighted by molar-refractivity contribution is 5.56. The average Bonchev–Trinajstić information content (AvgIpc) is 2.34. The van der Waals surface area contributed by atoms with Crippen LogP contribution in [0.5, 0.6) is 0 Å². The third-order valence-electron chi connectivity index (χ3n) is 3.24. The average molecular weight is 267 g/mol. The minimum Gasteiger partial charge on any atom is -0.369 e. The summed E-state index contributed by atoms with van der Waals surface area (Å²) in [5.41, 5.74) is 7.50. The van der Waals surface area contributed by atoms with Crippen molar-refractivity contribution in [2.24, 2.45) is 5.73 Å². The van der Waals surface area contributed by atoms with Crippen LogP contribution in [0, 0.1) is 5.82 Å². The zero-order chi connectivity index (χ0) is 14.4. The van der Waals surface area contributed by atoms with Crippen LogP contribution >= 0.6 is 0 Å². The summed E-state index contributed by atoms with van der Waals surface area (Å²) in [7, 11) is 4.10. The second kappa shape index (κ2) is 7.46. The molecule has 0 spiro atoms. The molecule has 1 rings (SSSR count). The molecule has 1 atom stereocenters. The van der Waals surface area contributed by atoms with Crippen LogP contribution in [0.15, 0.2) is 18.2 Å². The van der Waals surface area contributed by atoms with E-state index >= 15 is 0 Å². The van der Waals surface area contributed by atoms with Crippen LogP contribution in [0.2, 0.25) is 0 Å². The van der Waals surface area contributed by atoms with Gasteiger partial charge in [0.25, 0.3) is 0 Å². The molecule has 4 heteroatoms. The van der Waals surface area contributed by atoms with Crippen molar-refractivity contribution in [1.82, 2.24) is 4.90 Å². The number of para-hydroxylation sites is 1. The highest BCUT2D eigenvalue weighted by atomic mass is 19.1. The van der Waals surface area contributed by atoms with Crippen LogP contribution in [0.3, 0.4) is 0 Å².